The summed E-state index contributed by atoms with van der Waals surface area (Å²) in [5.41, 5.74) is 1.04. The summed E-state index contributed by atoms with van der Waals surface area (Å²) in [6.07, 6.45) is 0. The number of rotatable bonds is 3. The van der Waals surface area contributed by atoms with Gasteiger partial charge in [-0.15, -0.1) is 0 Å². The first-order valence-electron chi connectivity index (χ1n) is 4.70. The zero-order valence-electron chi connectivity index (χ0n) is 8.23. The fourth-order valence-corrected chi connectivity index (χ4v) is 2.05. The minimum atomic E-state index is -0.650. The Morgan fingerprint density at radius 3 is 2.43 bits per heavy atom. The molecule has 0 aromatic heterocycles. The van der Waals surface area contributed by atoms with Crippen molar-refractivity contribution in [3.63, 3.8) is 0 Å². The normalized spacial score (nSPS) is 20.0. The molecule has 0 amide bonds. The Bertz CT molecular complexity index is 283. The van der Waals surface area contributed by atoms with E-state index in [0.717, 1.165) is 5.56 Å². The first-order chi connectivity index (χ1) is 6.87. The molecule has 2 rings (SSSR count). The fraction of sp³-hybridized carbons (Fsp3) is 0.400. The van der Waals surface area contributed by atoms with Gasteiger partial charge < -0.3 is 13.9 Å². The summed E-state index contributed by atoms with van der Waals surface area (Å²) >= 11 is 0. The average molecular weight is 210 g/mol. The van der Waals surface area contributed by atoms with Gasteiger partial charge in [0, 0.05) is 5.56 Å². The SMILES string of the molecule is [SiH3]OCC1(c2ccccc2)OCCO1. The largest absolute Gasteiger partial charge is 0.422 e. The third-order valence-electron chi connectivity index (χ3n) is 2.30. The van der Waals surface area contributed by atoms with Crippen molar-refractivity contribution in [2.24, 2.45) is 0 Å². The summed E-state index contributed by atoms with van der Waals surface area (Å²) in [5.74, 6) is -0.650. The Kier molecular flexibility index (Phi) is 2.98. The summed E-state index contributed by atoms with van der Waals surface area (Å²) < 4.78 is 16.6. The monoisotopic (exact) mass is 210 g/mol. The molecule has 0 spiro atoms. The van der Waals surface area contributed by atoms with Crippen LogP contribution < -0.4 is 0 Å². The van der Waals surface area contributed by atoms with E-state index in [0.29, 0.717) is 30.3 Å². The minimum absolute atomic E-state index is 0.489. The summed E-state index contributed by atoms with van der Waals surface area (Å²) in [7, 11) is 0.698. The predicted molar refractivity (Wildman–Crippen MR) is 55.9 cm³/mol. The van der Waals surface area contributed by atoms with E-state index in [2.05, 4.69) is 0 Å². The van der Waals surface area contributed by atoms with Gasteiger partial charge in [0.05, 0.1) is 19.8 Å². The molecule has 1 aromatic rings. The molecule has 1 saturated heterocycles. The van der Waals surface area contributed by atoms with Gasteiger partial charge in [-0.1, -0.05) is 30.3 Å². The van der Waals surface area contributed by atoms with E-state index in [-0.39, 0.29) is 0 Å². The molecule has 0 aliphatic carbocycles. The zero-order chi connectivity index (χ0) is 9.86. The maximum atomic E-state index is 5.64. The van der Waals surface area contributed by atoms with Crippen molar-refractivity contribution in [3.8, 4) is 0 Å². The van der Waals surface area contributed by atoms with Gasteiger partial charge >= 0.3 is 0 Å². The van der Waals surface area contributed by atoms with E-state index in [1.807, 2.05) is 30.3 Å². The van der Waals surface area contributed by atoms with Crippen LogP contribution in [0.5, 0.6) is 0 Å². The highest BCUT2D eigenvalue weighted by atomic mass is 28.2. The minimum Gasteiger partial charge on any atom is -0.422 e. The van der Waals surface area contributed by atoms with Crippen molar-refractivity contribution in [2.75, 3.05) is 19.8 Å². The van der Waals surface area contributed by atoms with Crippen molar-refractivity contribution >= 4 is 10.5 Å². The molecule has 1 heterocycles. The second kappa shape index (κ2) is 4.23. The summed E-state index contributed by atoms with van der Waals surface area (Å²) in [5, 5.41) is 0. The lowest BCUT2D eigenvalue weighted by molar-refractivity contribution is -0.185. The van der Waals surface area contributed by atoms with E-state index in [1.165, 1.54) is 0 Å². The van der Waals surface area contributed by atoms with Gasteiger partial charge in [0.2, 0.25) is 5.79 Å². The topological polar surface area (TPSA) is 27.7 Å². The predicted octanol–water partition coefficient (Wildman–Crippen LogP) is 0.183. The maximum absolute atomic E-state index is 5.64. The van der Waals surface area contributed by atoms with Crippen LogP contribution in [0.15, 0.2) is 30.3 Å². The third-order valence-corrected chi connectivity index (χ3v) is 2.59. The van der Waals surface area contributed by atoms with Crippen LogP contribution in [0.3, 0.4) is 0 Å². The van der Waals surface area contributed by atoms with Crippen LogP contribution in [0, 0.1) is 0 Å². The standard InChI is InChI=1S/C10H14O3Si/c14-13-8-10(11-6-7-12-10)9-4-2-1-3-5-9/h1-5H,6-8H2,14H3. The number of hydrogen-bond acceptors (Lipinski definition) is 3. The smallest absolute Gasteiger partial charge is 0.217 e. The molecule has 3 nitrogen and oxygen atoms in total. The van der Waals surface area contributed by atoms with Crippen LogP contribution in [-0.4, -0.2) is 30.3 Å². The molecule has 0 N–H and O–H groups in total. The molecule has 0 radical (unpaired) electrons. The van der Waals surface area contributed by atoms with Crippen molar-refractivity contribution in [1.82, 2.24) is 0 Å². The Labute approximate surface area is 86.5 Å². The Morgan fingerprint density at radius 2 is 1.86 bits per heavy atom. The van der Waals surface area contributed by atoms with Gasteiger partial charge in [0.15, 0.2) is 0 Å². The van der Waals surface area contributed by atoms with Crippen LogP contribution in [0.1, 0.15) is 5.56 Å². The lowest BCUT2D eigenvalue weighted by atomic mass is 10.1. The molecule has 0 atom stereocenters. The fourth-order valence-electron chi connectivity index (χ4n) is 1.67. The van der Waals surface area contributed by atoms with Crippen LogP contribution in [0.2, 0.25) is 0 Å². The molecular formula is C10H14O3Si. The van der Waals surface area contributed by atoms with E-state index in [9.17, 15) is 0 Å². The Morgan fingerprint density at radius 1 is 1.21 bits per heavy atom. The van der Waals surface area contributed by atoms with E-state index < -0.39 is 5.79 Å². The van der Waals surface area contributed by atoms with Crippen molar-refractivity contribution < 1.29 is 13.9 Å². The van der Waals surface area contributed by atoms with E-state index in [4.69, 9.17) is 13.9 Å². The molecular weight excluding hydrogens is 196 g/mol. The van der Waals surface area contributed by atoms with Gasteiger partial charge in [0.1, 0.15) is 10.5 Å². The van der Waals surface area contributed by atoms with Gasteiger partial charge in [-0.3, -0.25) is 0 Å². The van der Waals surface area contributed by atoms with E-state index in [1.54, 1.807) is 0 Å². The Hall–Kier alpha value is -0.683. The average Bonchev–Trinajstić information content (AvgIpc) is 2.70. The highest BCUT2D eigenvalue weighted by Gasteiger charge is 2.38. The molecule has 1 fully saturated rings. The van der Waals surface area contributed by atoms with Crippen molar-refractivity contribution in [1.29, 1.82) is 0 Å². The highest BCUT2D eigenvalue weighted by molar-refractivity contribution is 5.97. The molecule has 76 valence electrons. The molecule has 1 aliphatic rings. The molecule has 1 aliphatic heterocycles. The summed E-state index contributed by atoms with van der Waals surface area (Å²) in [4.78, 5) is 0. The Balaban J connectivity index is 2.27. The van der Waals surface area contributed by atoms with Crippen LogP contribution in [0.25, 0.3) is 0 Å². The van der Waals surface area contributed by atoms with Gasteiger partial charge in [-0.25, -0.2) is 0 Å². The molecule has 0 unspecified atom stereocenters. The zero-order valence-corrected chi connectivity index (χ0v) is 10.2. The van der Waals surface area contributed by atoms with E-state index >= 15 is 0 Å². The molecule has 4 heteroatoms. The summed E-state index contributed by atoms with van der Waals surface area (Å²) in [6.45, 7) is 1.77. The summed E-state index contributed by atoms with van der Waals surface area (Å²) in [6, 6.07) is 9.95. The van der Waals surface area contributed by atoms with Crippen LogP contribution >= 0.6 is 0 Å². The third kappa shape index (κ3) is 1.74. The van der Waals surface area contributed by atoms with Crippen molar-refractivity contribution in [2.45, 2.75) is 5.79 Å². The van der Waals surface area contributed by atoms with Crippen LogP contribution in [-0.2, 0) is 19.7 Å². The number of ether oxygens (including phenoxy) is 2. The second-order valence-electron chi connectivity index (χ2n) is 3.25. The molecule has 0 saturated carbocycles. The first kappa shape index (κ1) is 9.86. The lowest BCUT2D eigenvalue weighted by Crippen LogP contribution is -2.32. The highest BCUT2D eigenvalue weighted by Crippen LogP contribution is 2.31. The molecule has 1 aromatic carbocycles. The van der Waals surface area contributed by atoms with Crippen molar-refractivity contribution in [3.05, 3.63) is 35.9 Å². The van der Waals surface area contributed by atoms with Gasteiger partial charge in [-0.05, 0) is 0 Å². The number of benzene rings is 1. The quantitative estimate of drug-likeness (QED) is 0.666. The number of hydrogen-bond donors (Lipinski definition) is 0. The van der Waals surface area contributed by atoms with Gasteiger partial charge in [-0.2, -0.15) is 0 Å². The first-order valence-corrected chi connectivity index (χ1v) is 5.51. The second-order valence-corrected chi connectivity index (χ2v) is 3.83. The lowest BCUT2D eigenvalue weighted by Gasteiger charge is -2.27. The molecule has 0 bridgehead atoms. The maximum Gasteiger partial charge on any atom is 0.217 e. The molecule has 14 heavy (non-hydrogen) atoms. The van der Waals surface area contributed by atoms with Gasteiger partial charge in [0.25, 0.3) is 0 Å². The van der Waals surface area contributed by atoms with Crippen LogP contribution in [0.4, 0.5) is 0 Å².